The number of fused-ring (bicyclic) bond motifs is 1. The van der Waals surface area contributed by atoms with E-state index in [0.717, 1.165) is 36.6 Å². The summed E-state index contributed by atoms with van der Waals surface area (Å²) in [4.78, 5) is 13.8. The molecule has 21 heavy (non-hydrogen) atoms. The fourth-order valence-electron chi connectivity index (χ4n) is 2.64. The van der Waals surface area contributed by atoms with Crippen molar-refractivity contribution in [1.82, 2.24) is 10.2 Å². The Bertz CT molecular complexity index is 550. The maximum Gasteiger partial charge on any atom is 0.246 e. The van der Waals surface area contributed by atoms with Gasteiger partial charge in [-0.2, -0.15) is 0 Å². The summed E-state index contributed by atoms with van der Waals surface area (Å²) in [5.41, 5.74) is 0.931. The van der Waals surface area contributed by atoms with Gasteiger partial charge in [-0.15, -0.1) is 0 Å². The minimum atomic E-state index is 0.0152. The molecule has 0 spiro atoms. The summed E-state index contributed by atoms with van der Waals surface area (Å²) in [7, 11) is 1.84. The summed E-state index contributed by atoms with van der Waals surface area (Å²) in [6, 6.07) is 6.08. The first kappa shape index (κ1) is 13.9. The first-order chi connectivity index (χ1) is 10.2. The Hall–Kier alpha value is -2.01. The second-order valence-corrected chi connectivity index (χ2v) is 5.46. The Morgan fingerprint density at radius 1 is 1.43 bits per heavy atom. The fraction of sp³-hybridized carbons (Fsp3) is 0.438. The lowest BCUT2D eigenvalue weighted by Gasteiger charge is -2.19. The van der Waals surface area contributed by atoms with E-state index in [1.807, 2.05) is 31.3 Å². The molecule has 1 unspecified atom stereocenters. The number of rotatable bonds is 4. The van der Waals surface area contributed by atoms with Crippen LogP contribution in [-0.4, -0.2) is 43.8 Å². The number of amides is 1. The minimum absolute atomic E-state index is 0.0152. The fourth-order valence-corrected chi connectivity index (χ4v) is 2.64. The monoisotopic (exact) mass is 288 g/mol. The van der Waals surface area contributed by atoms with Gasteiger partial charge in [-0.3, -0.25) is 4.79 Å². The van der Waals surface area contributed by atoms with Gasteiger partial charge in [0.25, 0.3) is 0 Å². The van der Waals surface area contributed by atoms with Crippen LogP contribution in [0.25, 0.3) is 6.08 Å². The SMILES string of the molecule is CN(CC1CCCN1)C(=O)/C=C/c1ccc2c(c1)OCO2. The molecule has 5 nitrogen and oxygen atoms in total. The highest BCUT2D eigenvalue weighted by molar-refractivity contribution is 5.91. The number of hydrogen-bond acceptors (Lipinski definition) is 4. The molecule has 112 valence electrons. The molecule has 2 aliphatic rings. The second-order valence-electron chi connectivity index (χ2n) is 5.46. The van der Waals surface area contributed by atoms with Crippen molar-refractivity contribution in [3.05, 3.63) is 29.8 Å². The van der Waals surface area contributed by atoms with Gasteiger partial charge in [0.1, 0.15) is 0 Å². The lowest BCUT2D eigenvalue weighted by atomic mass is 10.2. The third kappa shape index (κ3) is 3.36. The van der Waals surface area contributed by atoms with Crippen LogP contribution in [0.1, 0.15) is 18.4 Å². The van der Waals surface area contributed by atoms with E-state index in [1.54, 1.807) is 11.0 Å². The van der Waals surface area contributed by atoms with Crippen LogP contribution in [0.4, 0.5) is 0 Å². The highest BCUT2D eigenvalue weighted by Gasteiger charge is 2.17. The number of hydrogen-bond donors (Lipinski definition) is 1. The quantitative estimate of drug-likeness (QED) is 0.856. The third-order valence-corrected chi connectivity index (χ3v) is 3.85. The Morgan fingerprint density at radius 2 is 2.29 bits per heavy atom. The van der Waals surface area contributed by atoms with Crippen molar-refractivity contribution in [2.24, 2.45) is 0 Å². The highest BCUT2D eigenvalue weighted by Crippen LogP contribution is 2.32. The Kier molecular flexibility index (Phi) is 4.10. The third-order valence-electron chi connectivity index (χ3n) is 3.85. The predicted octanol–water partition coefficient (Wildman–Crippen LogP) is 1.64. The molecule has 0 aromatic heterocycles. The van der Waals surface area contributed by atoms with Crippen molar-refractivity contribution in [3.63, 3.8) is 0 Å². The largest absolute Gasteiger partial charge is 0.454 e. The number of carbonyl (C=O) groups excluding carboxylic acids is 1. The lowest BCUT2D eigenvalue weighted by Crippen LogP contribution is -2.37. The van der Waals surface area contributed by atoms with Gasteiger partial charge in [0.2, 0.25) is 12.7 Å². The predicted molar refractivity (Wildman–Crippen MR) is 80.3 cm³/mol. The van der Waals surface area contributed by atoms with Gasteiger partial charge in [0.05, 0.1) is 0 Å². The van der Waals surface area contributed by atoms with Crippen molar-refractivity contribution < 1.29 is 14.3 Å². The molecule has 1 amide bonds. The van der Waals surface area contributed by atoms with Gasteiger partial charge in [0, 0.05) is 25.7 Å². The molecule has 1 fully saturated rings. The second kappa shape index (κ2) is 6.18. The van der Waals surface area contributed by atoms with Gasteiger partial charge < -0.3 is 19.7 Å². The molecule has 3 rings (SSSR count). The molecule has 2 aliphatic heterocycles. The van der Waals surface area contributed by atoms with E-state index in [-0.39, 0.29) is 12.7 Å². The van der Waals surface area contributed by atoms with E-state index in [0.29, 0.717) is 6.04 Å². The summed E-state index contributed by atoms with van der Waals surface area (Å²) in [5, 5.41) is 3.40. The molecular formula is C16H20N2O3. The number of likely N-dealkylation sites (N-methyl/N-ethyl adjacent to an activating group) is 1. The topological polar surface area (TPSA) is 50.8 Å². The van der Waals surface area contributed by atoms with Crippen molar-refractivity contribution >= 4 is 12.0 Å². The number of nitrogens with one attached hydrogen (secondary N) is 1. The van der Waals surface area contributed by atoms with Crippen molar-refractivity contribution in [1.29, 1.82) is 0 Å². The molecular weight excluding hydrogens is 268 g/mol. The number of carbonyl (C=O) groups is 1. The van der Waals surface area contributed by atoms with Crippen LogP contribution in [-0.2, 0) is 4.79 Å². The zero-order chi connectivity index (χ0) is 14.7. The highest BCUT2D eigenvalue weighted by atomic mass is 16.7. The van der Waals surface area contributed by atoms with E-state index in [4.69, 9.17) is 9.47 Å². The van der Waals surface area contributed by atoms with E-state index >= 15 is 0 Å². The van der Waals surface area contributed by atoms with E-state index in [9.17, 15) is 4.79 Å². The molecule has 0 aliphatic carbocycles. The minimum Gasteiger partial charge on any atom is -0.454 e. The van der Waals surface area contributed by atoms with E-state index < -0.39 is 0 Å². The van der Waals surface area contributed by atoms with Crippen LogP contribution in [0.3, 0.4) is 0 Å². The maximum absolute atomic E-state index is 12.1. The normalized spacial score (nSPS) is 20.1. The molecule has 2 heterocycles. The molecule has 0 radical (unpaired) electrons. The van der Waals surface area contributed by atoms with E-state index in [1.165, 1.54) is 6.42 Å². The molecule has 1 atom stereocenters. The Labute approximate surface area is 124 Å². The molecule has 5 heteroatoms. The Morgan fingerprint density at radius 3 is 3.10 bits per heavy atom. The standard InChI is InChI=1S/C16H20N2O3/c1-18(10-13-3-2-8-17-13)16(19)7-5-12-4-6-14-15(9-12)21-11-20-14/h4-7,9,13,17H,2-3,8,10-11H2,1H3/b7-5+. The first-order valence-electron chi connectivity index (χ1n) is 7.28. The zero-order valence-corrected chi connectivity index (χ0v) is 12.2. The van der Waals surface area contributed by atoms with Crippen LogP contribution in [0, 0.1) is 0 Å². The first-order valence-corrected chi connectivity index (χ1v) is 7.28. The molecule has 1 aromatic rings. The summed E-state index contributed by atoms with van der Waals surface area (Å²) >= 11 is 0. The van der Waals surface area contributed by atoms with Crippen molar-refractivity contribution in [2.75, 3.05) is 26.9 Å². The lowest BCUT2D eigenvalue weighted by molar-refractivity contribution is -0.125. The van der Waals surface area contributed by atoms with E-state index in [2.05, 4.69) is 5.32 Å². The van der Waals surface area contributed by atoms with Crippen LogP contribution in [0.15, 0.2) is 24.3 Å². The molecule has 1 N–H and O–H groups in total. The summed E-state index contributed by atoms with van der Waals surface area (Å²) in [5.74, 6) is 1.50. The molecule has 1 aromatic carbocycles. The molecule has 0 saturated carbocycles. The summed E-state index contributed by atoms with van der Waals surface area (Å²) in [6.45, 7) is 2.07. The summed E-state index contributed by atoms with van der Waals surface area (Å²) in [6.07, 6.45) is 5.75. The van der Waals surface area contributed by atoms with Gasteiger partial charge in [0.15, 0.2) is 11.5 Å². The number of ether oxygens (including phenoxy) is 2. The van der Waals surface area contributed by atoms with Gasteiger partial charge in [-0.05, 0) is 43.2 Å². The van der Waals surface area contributed by atoms with Crippen LogP contribution >= 0.6 is 0 Å². The molecule has 1 saturated heterocycles. The Balaban J connectivity index is 1.58. The van der Waals surface area contributed by atoms with Crippen LogP contribution < -0.4 is 14.8 Å². The van der Waals surface area contributed by atoms with Gasteiger partial charge >= 0.3 is 0 Å². The van der Waals surface area contributed by atoms with Crippen LogP contribution in [0.2, 0.25) is 0 Å². The van der Waals surface area contributed by atoms with Gasteiger partial charge in [-0.1, -0.05) is 6.07 Å². The van der Waals surface area contributed by atoms with Crippen molar-refractivity contribution in [3.8, 4) is 11.5 Å². The number of benzene rings is 1. The maximum atomic E-state index is 12.1. The smallest absolute Gasteiger partial charge is 0.246 e. The average molecular weight is 288 g/mol. The summed E-state index contributed by atoms with van der Waals surface area (Å²) < 4.78 is 10.6. The van der Waals surface area contributed by atoms with Gasteiger partial charge in [-0.25, -0.2) is 0 Å². The van der Waals surface area contributed by atoms with Crippen LogP contribution in [0.5, 0.6) is 11.5 Å². The average Bonchev–Trinajstić information content (AvgIpc) is 3.14. The number of nitrogens with zero attached hydrogens (tertiary/aromatic N) is 1. The van der Waals surface area contributed by atoms with Crippen molar-refractivity contribution in [2.45, 2.75) is 18.9 Å². The molecule has 0 bridgehead atoms. The zero-order valence-electron chi connectivity index (χ0n) is 12.2.